The molecule has 2 saturated heterocycles. The smallest absolute Gasteiger partial charge is 0.0392 e. The van der Waals surface area contributed by atoms with Gasteiger partial charge < -0.3 is 9.80 Å². The fraction of sp³-hybridized carbons (Fsp3) is 0.600. The molecule has 23 heavy (non-hydrogen) atoms. The molecular formula is C20H27N3. The van der Waals surface area contributed by atoms with E-state index in [4.69, 9.17) is 0 Å². The Balaban J connectivity index is 1.32. The van der Waals surface area contributed by atoms with E-state index in [1.165, 1.54) is 63.2 Å². The second kappa shape index (κ2) is 5.01. The lowest BCUT2D eigenvalue weighted by Crippen LogP contribution is -2.50. The lowest BCUT2D eigenvalue weighted by atomic mass is 9.95. The van der Waals surface area contributed by atoms with Gasteiger partial charge in [-0.15, -0.1) is 0 Å². The SMILES string of the molecule is CCN1C=C2CC2(c2ccc(N3CCN4CCCC4C3)cc2)C1. The summed E-state index contributed by atoms with van der Waals surface area (Å²) in [5, 5.41) is 0. The summed E-state index contributed by atoms with van der Waals surface area (Å²) in [6.45, 7) is 9.56. The standard InChI is InChI=1S/C20H27N3/c1-2-21-13-17-12-20(17,15-21)16-5-7-18(8-6-16)23-11-10-22-9-3-4-19(22)14-23/h5-8,13,19H,2-4,9-12,14-15H2,1H3. The number of rotatable bonds is 3. The van der Waals surface area contributed by atoms with Gasteiger partial charge in [0.15, 0.2) is 0 Å². The van der Waals surface area contributed by atoms with E-state index < -0.39 is 0 Å². The van der Waals surface area contributed by atoms with Crippen molar-refractivity contribution in [1.29, 1.82) is 0 Å². The molecule has 122 valence electrons. The fourth-order valence-corrected chi connectivity index (χ4v) is 5.02. The van der Waals surface area contributed by atoms with Crippen LogP contribution in [-0.2, 0) is 5.41 Å². The summed E-state index contributed by atoms with van der Waals surface area (Å²) in [6.07, 6.45) is 6.46. The van der Waals surface area contributed by atoms with E-state index in [0.29, 0.717) is 5.41 Å². The predicted molar refractivity (Wildman–Crippen MR) is 94.9 cm³/mol. The number of hydrogen-bond acceptors (Lipinski definition) is 3. The molecule has 3 heterocycles. The van der Waals surface area contributed by atoms with E-state index in [9.17, 15) is 0 Å². The first-order chi connectivity index (χ1) is 11.3. The average Bonchev–Trinajstić information content (AvgIpc) is 2.98. The van der Waals surface area contributed by atoms with Crippen LogP contribution in [-0.4, -0.2) is 55.1 Å². The van der Waals surface area contributed by atoms with Crippen LogP contribution in [0.5, 0.6) is 0 Å². The zero-order valence-electron chi connectivity index (χ0n) is 14.2. The zero-order chi connectivity index (χ0) is 15.4. The molecule has 3 aliphatic heterocycles. The topological polar surface area (TPSA) is 9.72 Å². The van der Waals surface area contributed by atoms with Gasteiger partial charge in [0.1, 0.15) is 0 Å². The molecule has 2 atom stereocenters. The molecule has 3 fully saturated rings. The molecule has 3 nitrogen and oxygen atoms in total. The molecule has 4 aliphatic rings. The summed E-state index contributed by atoms with van der Waals surface area (Å²) in [4.78, 5) is 7.75. The highest BCUT2D eigenvalue weighted by Gasteiger charge is 2.54. The van der Waals surface area contributed by atoms with Crippen LogP contribution in [0.3, 0.4) is 0 Å². The molecule has 0 aromatic heterocycles. The number of hydrogen-bond donors (Lipinski definition) is 0. The summed E-state index contributed by atoms with van der Waals surface area (Å²) in [5.41, 5.74) is 4.97. The second-order valence-corrected chi connectivity index (χ2v) is 7.80. The summed E-state index contributed by atoms with van der Waals surface area (Å²) >= 11 is 0. The molecule has 1 aromatic carbocycles. The Labute approximate surface area is 139 Å². The predicted octanol–water partition coefficient (Wildman–Crippen LogP) is 2.83. The molecule has 0 radical (unpaired) electrons. The van der Waals surface area contributed by atoms with E-state index in [0.717, 1.165) is 12.6 Å². The fourth-order valence-electron chi connectivity index (χ4n) is 5.02. The third kappa shape index (κ3) is 2.13. The lowest BCUT2D eigenvalue weighted by molar-refractivity contribution is 0.231. The van der Waals surface area contributed by atoms with Gasteiger partial charge in [-0.3, -0.25) is 4.90 Å². The number of anilines is 1. The van der Waals surface area contributed by atoms with Crippen molar-refractivity contribution < 1.29 is 0 Å². The van der Waals surface area contributed by atoms with Gasteiger partial charge >= 0.3 is 0 Å². The largest absolute Gasteiger partial charge is 0.376 e. The lowest BCUT2D eigenvalue weighted by Gasteiger charge is -2.39. The van der Waals surface area contributed by atoms with Crippen molar-refractivity contribution in [1.82, 2.24) is 9.80 Å². The van der Waals surface area contributed by atoms with Gasteiger partial charge in [0.05, 0.1) is 0 Å². The quantitative estimate of drug-likeness (QED) is 0.850. The van der Waals surface area contributed by atoms with Crippen molar-refractivity contribution in [2.24, 2.45) is 0 Å². The Morgan fingerprint density at radius 1 is 1.13 bits per heavy atom. The van der Waals surface area contributed by atoms with E-state index in [1.807, 2.05) is 0 Å². The number of piperazine rings is 1. The first-order valence-corrected chi connectivity index (χ1v) is 9.33. The summed E-state index contributed by atoms with van der Waals surface area (Å²) in [7, 11) is 0. The van der Waals surface area contributed by atoms with Gasteiger partial charge in [-0.25, -0.2) is 0 Å². The molecule has 0 N–H and O–H groups in total. The summed E-state index contributed by atoms with van der Waals surface area (Å²) < 4.78 is 0. The van der Waals surface area contributed by atoms with Crippen LogP contribution in [0.1, 0.15) is 31.7 Å². The van der Waals surface area contributed by atoms with Crippen molar-refractivity contribution in [3.63, 3.8) is 0 Å². The Kier molecular flexibility index (Phi) is 3.03. The highest BCUT2D eigenvalue weighted by atomic mass is 15.3. The third-order valence-electron chi connectivity index (χ3n) is 6.57. The monoisotopic (exact) mass is 309 g/mol. The van der Waals surface area contributed by atoms with E-state index in [2.05, 4.69) is 52.1 Å². The number of likely N-dealkylation sites (N-methyl/N-ethyl adjacent to an activating group) is 1. The van der Waals surface area contributed by atoms with Crippen LogP contribution in [0, 0.1) is 0 Å². The number of benzene rings is 1. The maximum atomic E-state index is 2.68. The van der Waals surface area contributed by atoms with Gasteiger partial charge in [0.25, 0.3) is 0 Å². The van der Waals surface area contributed by atoms with Crippen LogP contribution >= 0.6 is 0 Å². The molecule has 3 heteroatoms. The van der Waals surface area contributed by atoms with Gasteiger partial charge in [0.2, 0.25) is 0 Å². The maximum absolute atomic E-state index is 2.68. The minimum Gasteiger partial charge on any atom is -0.376 e. The minimum atomic E-state index is 0.374. The highest BCUT2D eigenvalue weighted by molar-refractivity contribution is 5.57. The van der Waals surface area contributed by atoms with Crippen molar-refractivity contribution in [3.8, 4) is 0 Å². The Morgan fingerprint density at radius 2 is 2.00 bits per heavy atom. The molecule has 0 spiro atoms. The molecule has 2 unspecified atom stereocenters. The van der Waals surface area contributed by atoms with Crippen LogP contribution in [0.15, 0.2) is 36.0 Å². The van der Waals surface area contributed by atoms with Crippen molar-refractivity contribution >= 4 is 5.69 Å². The second-order valence-electron chi connectivity index (χ2n) is 7.80. The zero-order valence-corrected chi connectivity index (χ0v) is 14.2. The van der Waals surface area contributed by atoms with Crippen LogP contribution in [0.4, 0.5) is 5.69 Å². The first-order valence-electron chi connectivity index (χ1n) is 9.33. The van der Waals surface area contributed by atoms with Crippen LogP contribution in [0.25, 0.3) is 0 Å². The third-order valence-corrected chi connectivity index (χ3v) is 6.57. The van der Waals surface area contributed by atoms with Crippen LogP contribution < -0.4 is 4.90 Å². The molecular weight excluding hydrogens is 282 g/mol. The summed E-state index contributed by atoms with van der Waals surface area (Å²) in [6, 6.07) is 10.3. The van der Waals surface area contributed by atoms with Gasteiger partial charge in [0, 0.05) is 49.9 Å². The number of fused-ring (bicyclic) bond motifs is 2. The first kappa shape index (κ1) is 13.9. The Morgan fingerprint density at radius 3 is 2.78 bits per heavy atom. The van der Waals surface area contributed by atoms with Crippen LogP contribution in [0.2, 0.25) is 0 Å². The van der Waals surface area contributed by atoms with Crippen molar-refractivity contribution in [2.45, 2.75) is 37.6 Å². The minimum absolute atomic E-state index is 0.374. The molecule has 0 bridgehead atoms. The molecule has 1 aliphatic carbocycles. The summed E-state index contributed by atoms with van der Waals surface area (Å²) in [5.74, 6) is 0. The van der Waals surface area contributed by atoms with E-state index in [-0.39, 0.29) is 0 Å². The number of nitrogens with zero attached hydrogens (tertiary/aromatic N) is 3. The van der Waals surface area contributed by atoms with Gasteiger partial charge in [-0.05, 0) is 62.2 Å². The van der Waals surface area contributed by atoms with E-state index in [1.54, 1.807) is 5.57 Å². The molecule has 1 aromatic rings. The molecule has 1 saturated carbocycles. The van der Waals surface area contributed by atoms with Crippen molar-refractivity contribution in [2.75, 3.05) is 44.2 Å². The average molecular weight is 309 g/mol. The normalized spacial score (nSPS) is 32.7. The van der Waals surface area contributed by atoms with Gasteiger partial charge in [-0.2, -0.15) is 0 Å². The molecule has 5 rings (SSSR count). The van der Waals surface area contributed by atoms with Crippen molar-refractivity contribution in [3.05, 3.63) is 41.6 Å². The Bertz CT molecular complexity index is 635. The van der Waals surface area contributed by atoms with Gasteiger partial charge in [-0.1, -0.05) is 12.1 Å². The van der Waals surface area contributed by atoms with E-state index >= 15 is 0 Å². The molecule has 0 amide bonds. The Hall–Kier alpha value is -1.48. The maximum Gasteiger partial charge on any atom is 0.0392 e. The highest BCUT2D eigenvalue weighted by Crippen LogP contribution is 2.57.